The smallest absolute Gasteiger partial charge is 0.332 e. The standard InChI is InChI=1S/C34H31ClN4O6/c1-44-29-16-9-22(19-30(29)45-2)17-18-36-32(41)24-10-7-23(8-11-24)20-39-33(42)27-5-3-4-6-28(27)38(34(39)43)21-31(40)37-26-14-12-25(35)13-15-26/h3-16,19H,17-18,20-21H2,1-2H3,(H,36,41)(H,37,40). The molecule has 0 atom stereocenters. The summed E-state index contributed by atoms with van der Waals surface area (Å²) in [6.07, 6.45) is 0.596. The van der Waals surface area contributed by atoms with Crippen molar-refractivity contribution in [2.75, 3.05) is 26.1 Å². The van der Waals surface area contributed by atoms with Gasteiger partial charge in [-0.25, -0.2) is 4.79 Å². The highest BCUT2D eigenvalue weighted by Gasteiger charge is 2.16. The number of rotatable bonds is 11. The lowest BCUT2D eigenvalue weighted by Crippen LogP contribution is -2.42. The molecule has 0 fully saturated rings. The zero-order valence-electron chi connectivity index (χ0n) is 24.7. The van der Waals surface area contributed by atoms with Crippen LogP contribution in [0.1, 0.15) is 21.5 Å². The van der Waals surface area contributed by atoms with Crippen LogP contribution >= 0.6 is 11.6 Å². The van der Waals surface area contributed by atoms with Crippen LogP contribution in [0.2, 0.25) is 5.02 Å². The van der Waals surface area contributed by atoms with Gasteiger partial charge >= 0.3 is 5.69 Å². The number of halogens is 1. The minimum atomic E-state index is -0.623. The molecule has 4 aromatic carbocycles. The molecule has 5 rings (SSSR count). The number of benzene rings is 4. The lowest BCUT2D eigenvalue weighted by molar-refractivity contribution is -0.116. The van der Waals surface area contributed by atoms with E-state index in [4.69, 9.17) is 21.1 Å². The van der Waals surface area contributed by atoms with Crippen LogP contribution in [-0.4, -0.2) is 41.7 Å². The van der Waals surface area contributed by atoms with Crippen LogP contribution in [0.5, 0.6) is 11.5 Å². The van der Waals surface area contributed by atoms with Gasteiger partial charge in [0.1, 0.15) is 6.54 Å². The van der Waals surface area contributed by atoms with Gasteiger partial charge in [0.15, 0.2) is 11.5 Å². The van der Waals surface area contributed by atoms with Gasteiger partial charge in [0.2, 0.25) is 5.91 Å². The van der Waals surface area contributed by atoms with Crippen LogP contribution in [0.3, 0.4) is 0 Å². The molecule has 0 aliphatic rings. The Kier molecular flexibility index (Phi) is 9.64. The summed E-state index contributed by atoms with van der Waals surface area (Å²) in [6, 6.07) is 25.6. The quantitative estimate of drug-likeness (QED) is 0.223. The predicted molar refractivity (Wildman–Crippen MR) is 174 cm³/mol. The molecule has 0 radical (unpaired) electrons. The molecule has 0 spiro atoms. The Hall–Kier alpha value is -5.35. The van der Waals surface area contributed by atoms with Gasteiger partial charge in [0.25, 0.3) is 11.5 Å². The van der Waals surface area contributed by atoms with E-state index in [0.29, 0.717) is 57.2 Å². The van der Waals surface area contributed by atoms with E-state index < -0.39 is 17.2 Å². The third-order valence-corrected chi connectivity index (χ3v) is 7.52. The molecule has 0 unspecified atom stereocenters. The second-order valence-corrected chi connectivity index (χ2v) is 10.7. The van der Waals surface area contributed by atoms with Crippen LogP contribution in [0.25, 0.3) is 10.9 Å². The number of nitrogens with one attached hydrogen (secondary N) is 2. The number of anilines is 1. The van der Waals surface area contributed by atoms with Crippen molar-refractivity contribution in [3.05, 3.63) is 134 Å². The number of carbonyl (C=O) groups is 2. The van der Waals surface area contributed by atoms with Crippen LogP contribution in [0, 0.1) is 0 Å². The molecule has 45 heavy (non-hydrogen) atoms. The average molecular weight is 627 g/mol. The van der Waals surface area contributed by atoms with Gasteiger partial charge in [-0.1, -0.05) is 41.9 Å². The lowest BCUT2D eigenvalue weighted by atomic mass is 10.1. The van der Waals surface area contributed by atoms with Crippen molar-refractivity contribution in [1.29, 1.82) is 0 Å². The first-order valence-electron chi connectivity index (χ1n) is 14.1. The summed E-state index contributed by atoms with van der Waals surface area (Å²) in [7, 11) is 3.15. The average Bonchev–Trinajstić information content (AvgIpc) is 3.06. The number of para-hydroxylation sites is 1. The van der Waals surface area contributed by atoms with E-state index in [9.17, 15) is 19.2 Å². The zero-order valence-corrected chi connectivity index (χ0v) is 25.5. The first-order chi connectivity index (χ1) is 21.8. The largest absolute Gasteiger partial charge is 0.493 e. The number of hydrogen-bond acceptors (Lipinski definition) is 6. The number of aromatic nitrogens is 2. The van der Waals surface area contributed by atoms with Gasteiger partial charge < -0.3 is 20.1 Å². The molecule has 0 bridgehead atoms. The molecule has 10 nitrogen and oxygen atoms in total. The van der Waals surface area contributed by atoms with Crippen LogP contribution in [0.15, 0.2) is 101 Å². The molecule has 1 heterocycles. The Labute approximate surface area is 263 Å². The molecule has 230 valence electrons. The zero-order chi connectivity index (χ0) is 31.9. The molecule has 2 amide bonds. The topological polar surface area (TPSA) is 121 Å². The monoisotopic (exact) mass is 626 g/mol. The van der Waals surface area contributed by atoms with Crippen molar-refractivity contribution in [1.82, 2.24) is 14.5 Å². The molecule has 2 N–H and O–H groups in total. The Balaban J connectivity index is 1.29. The summed E-state index contributed by atoms with van der Waals surface area (Å²) < 4.78 is 13.0. The number of hydrogen-bond donors (Lipinski definition) is 2. The molecule has 11 heteroatoms. The van der Waals surface area contributed by atoms with Gasteiger partial charge in [-0.05, 0) is 78.2 Å². The van der Waals surface area contributed by atoms with Crippen molar-refractivity contribution in [2.24, 2.45) is 0 Å². The van der Waals surface area contributed by atoms with Crippen molar-refractivity contribution in [2.45, 2.75) is 19.5 Å². The summed E-state index contributed by atoms with van der Waals surface area (Å²) in [5.74, 6) is 0.570. The van der Waals surface area contributed by atoms with Gasteiger partial charge in [0, 0.05) is 22.8 Å². The highest BCUT2D eigenvalue weighted by atomic mass is 35.5. The Bertz CT molecular complexity index is 1970. The maximum Gasteiger partial charge on any atom is 0.332 e. The van der Waals surface area contributed by atoms with Gasteiger partial charge in [-0.15, -0.1) is 0 Å². The first kappa shape index (κ1) is 31.1. The molecule has 0 saturated heterocycles. The maximum absolute atomic E-state index is 13.6. The number of fused-ring (bicyclic) bond motifs is 1. The van der Waals surface area contributed by atoms with Crippen molar-refractivity contribution in [3.63, 3.8) is 0 Å². The summed E-state index contributed by atoms with van der Waals surface area (Å²) in [5, 5.41) is 6.49. The summed E-state index contributed by atoms with van der Waals surface area (Å²) in [5.41, 5.74) is 1.85. The number of carbonyl (C=O) groups excluding carboxylic acids is 2. The van der Waals surface area contributed by atoms with Gasteiger partial charge in [0.05, 0.1) is 31.7 Å². The van der Waals surface area contributed by atoms with Crippen LogP contribution in [0.4, 0.5) is 5.69 Å². The van der Waals surface area contributed by atoms with Gasteiger partial charge in [-0.2, -0.15) is 0 Å². The predicted octanol–water partition coefficient (Wildman–Crippen LogP) is 4.49. The SMILES string of the molecule is COc1ccc(CCNC(=O)c2ccc(Cn3c(=O)c4ccccc4n(CC(=O)Nc4ccc(Cl)cc4)c3=O)cc2)cc1OC. The Morgan fingerprint density at radius 1 is 0.800 bits per heavy atom. The van der Waals surface area contributed by atoms with E-state index in [1.165, 1.54) is 4.57 Å². The summed E-state index contributed by atoms with van der Waals surface area (Å²) >= 11 is 5.93. The number of ether oxygens (including phenoxy) is 2. The molecule has 5 aromatic rings. The van der Waals surface area contributed by atoms with Crippen molar-refractivity contribution in [3.8, 4) is 11.5 Å². The van der Waals surface area contributed by atoms with E-state index in [1.807, 2.05) is 18.2 Å². The van der Waals surface area contributed by atoms with E-state index >= 15 is 0 Å². The molecular formula is C34H31ClN4O6. The normalized spacial score (nSPS) is 10.8. The first-order valence-corrected chi connectivity index (χ1v) is 14.5. The number of nitrogens with zero attached hydrogens (tertiary/aromatic N) is 2. The third kappa shape index (κ3) is 7.25. The molecular weight excluding hydrogens is 596 g/mol. The second kappa shape index (κ2) is 14.0. The summed E-state index contributed by atoms with van der Waals surface area (Å²) in [4.78, 5) is 52.6. The van der Waals surface area contributed by atoms with Crippen molar-refractivity contribution >= 4 is 40.0 Å². The maximum atomic E-state index is 13.6. The Morgan fingerprint density at radius 3 is 2.20 bits per heavy atom. The summed E-state index contributed by atoms with van der Waals surface area (Å²) in [6.45, 7) is 0.0703. The van der Waals surface area contributed by atoms with E-state index in [2.05, 4.69) is 10.6 Å². The van der Waals surface area contributed by atoms with Crippen LogP contribution in [-0.2, 0) is 24.3 Å². The minimum absolute atomic E-state index is 0.0392. The Morgan fingerprint density at radius 2 is 1.49 bits per heavy atom. The minimum Gasteiger partial charge on any atom is -0.493 e. The molecule has 1 aromatic heterocycles. The van der Waals surface area contributed by atoms with E-state index in [0.717, 1.165) is 10.1 Å². The highest BCUT2D eigenvalue weighted by molar-refractivity contribution is 6.30. The molecule has 0 saturated carbocycles. The molecule has 0 aliphatic carbocycles. The van der Waals surface area contributed by atoms with Crippen LogP contribution < -0.4 is 31.4 Å². The van der Waals surface area contributed by atoms with E-state index in [1.54, 1.807) is 87.0 Å². The van der Waals surface area contributed by atoms with Gasteiger partial charge in [-0.3, -0.25) is 23.5 Å². The fraction of sp³-hybridized carbons (Fsp3) is 0.176. The number of amides is 2. The lowest BCUT2D eigenvalue weighted by Gasteiger charge is -2.14. The number of methoxy groups -OCH3 is 2. The highest BCUT2D eigenvalue weighted by Crippen LogP contribution is 2.27. The second-order valence-electron chi connectivity index (χ2n) is 10.2. The fourth-order valence-corrected chi connectivity index (χ4v) is 5.07. The third-order valence-electron chi connectivity index (χ3n) is 7.27. The van der Waals surface area contributed by atoms with Crippen molar-refractivity contribution < 1.29 is 19.1 Å². The molecule has 0 aliphatic heterocycles. The fourth-order valence-electron chi connectivity index (χ4n) is 4.94. The van der Waals surface area contributed by atoms with E-state index in [-0.39, 0.29) is 19.0 Å².